The Kier molecular flexibility index (Phi) is 4.31. The van der Waals surface area contributed by atoms with Gasteiger partial charge in [0, 0.05) is 18.9 Å². The van der Waals surface area contributed by atoms with Gasteiger partial charge in [0.05, 0.1) is 24.4 Å². The molecule has 1 aromatic heterocycles. The van der Waals surface area contributed by atoms with E-state index in [0.29, 0.717) is 25.3 Å². The van der Waals surface area contributed by atoms with Gasteiger partial charge in [0.2, 0.25) is 0 Å². The highest BCUT2D eigenvalue weighted by molar-refractivity contribution is 5.97. The third kappa shape index (κ3) is 3.19. The first-order valence-electron chi connectivity index (χ1n) is 8.38. The molecule has 1 atom stereocenters. The molecule has 1 amide bonds. The van der Waals surface area contributed by atoms with Crippen LogP contribution in [-0.4, -0.2) is 40.3 Å². The molecule has 1 aliphatic rings. The Morgan fingerprint density at radius 3 is 2.64 bits per heavy atom. The maximum Gasteiger partial charge on any atom is 0.256 e. The van der Waals surface area contributed by atoms with Crippen LogP contribution in [0.2, 0.25) is 0 Å². The van der Waals surface area contributed by atoms with Gasteiger partial charge in [0.1, 0.15) is 6.10 Å². The van der Waals surface area contributed by atoms with Gasteiger partial charge in [-0.3, -0.25) is 4.79 Å². The lowest BCUT2D eigenvalue weighted by atomic mass is 10.1. The lowest BCUT2D eigenvalue weighted by Gasteiger charge is -2.33. The SMILES string of the molecule is O=C(c1ccccc1-n1cccn1)N1CCO[C@@H](c2ccccc2)C1. The number of ether oxygens (including phenoxy) is 1. The van der Waals surface area contributed by atoms with Crippen LogP contribution in [0, 0.1) is 0 Å². The van der Waals surface area contributed by atoms with E-state index in [1.807, 2.05) is 71.8 Å². The molecule has 126 valence electrons. The van der Waals surface area contributed by atoms with E-state index >= 15 is 0 Å². The van der Waals surface area contributed by atoms with Crippen molar-refractivity contribution in [3.63, 3.8) is 0 Å². The Balaban J connectivity index is 1.59. The van der Waals surface area contributed by atoms with Gasteiger partial charge >= 0.3 is 0 Å². The summed E-state index contributed by atoms with van der Waals surface area (Å²) in [4.78, 5) is 15.0. The summed E-state index contributed by atoms with van der Waals surface area (Å²) in [5.74, 6) is 0.00957. The number of nitrogens with zero attached hydrogens (tertiary/aromatic N) is 3. The van der Waals surface area contributed by atoms with Crippen LogP contribution in [0.1, 0.15) is 22.0 Å². The highest BCUT2D eigenvalue weighted by Gasteiger charge is 2.27. The fourth-order valence-corrected chi connectivity index (χ4v) is 3.14. The third-order valence-corrected chi connectivity index (χ3v) is 4.41. The molecule has 2 heterocycles. The summed E-state index contributed by atoms with van der Waals surface area (Å²) >= 11 is 0. The van der Waals surface area contributed by atoms with Crippen molar-refractivity contribution in [3.8, 4) is 5.69 Å². The van der Waals surface area contributed by atoms with Gasteiger partial charge in [-0.05, 0) is 23.8 Å². The number of rotatable bonds is 3. The van der Waals surface area contributed by atoms with Crippen LogP contribution in [0.15, 0.2) is 73.1 Å². The molecule has 0 spiro atoms. The van der Waals surface area contributed by atoms with Gasteiger partial charge in [-0.25, -0.2) is 4.68 Å². The highest BCUT2D eigenvalue weighted by atomic mass is 16.5. The lowest BCUT2D eigenvalue weighted by molar-refractivity contribution is -0.0228. The Bertz CT molecular complexity index is 846. The molecule has 2 aromatic carbocycles. The standard InChI is InChI=1S/C20H19N3O2/c24-20(17-9-4-5-10-18(17)23-12-6-11-21-23)22-13-14-25-19(15-22)16-7-2-1-3-8-16/h1-12,19H,13-15H2/t19-/m1/s1. The van der Waals surface area contributed by atoms with Gasteiger partial charge in [-0.2, -0.15) is 5.10 Å². The highest BCUT2D eigenvalue weighted by Crippen LogP contribution is 2.24. The van der Waals surface area contributed by atoms with Crippen molar-refractivity contribution >= 4 is 5.91 Å². The number of aromatic nitrogens is 2. The second-order valence-electron chi connectivity index (χ2n) is 5.99. The van der Waals surface area contributed by atoms with Crippen LogP contribution in [0.4, 0.5) is 0 Å². The Morgan fingerprint density at radius 1 is 1.04 bits per heavy atom. The van der Waals surface area contributed by atoms with Crippen LogP contribution in [0.3, 0.4) is 0 Å². The minimum absolute atomic E-state index is 0.00957. The normalized spacial score (nSPS) is 17.4. The van der Waals surface area contributed by atoms with Crippen LogP contribution in [-0.2, 0) is 4.74 Å². The van der Waals surface area contributed by atoms with Gasteiger partial charge in [0.15, 0.2) is 0 Å². The lowest BCUT2D eigenvalue weighted by Crippen LogP contribution is -2.42. The van der Waals surface area contributed by atoms with E-state index in [2.05, 4.69) is 5.10 Å². The maximum absolute atomic E-state index is 13.1. The average Bonchev–Trinajstić information content (AvgIpc) is 3.23. The summed E-state index contributed by atoms with van der Waals surface area (Å²) in [7, 11) is 0. The molecule has 5 nitrogen and oxygen atoms in total. The summed E-state index contributed by atoms with van der Waals surface area (Å²) in [6.45, 7) is 1.68. The zero-order chi connectivity index (χ0) is 17.1. The fraction of sp³-hybridized carbons (Fsp3) is 0.200. The van der Waals surface area contributed by atoms with Crippen LogP contribution < -0.4 is 0 Å². The molecular formula is C20H19N3O2. The van der Waals surface area contributed by atoms with Crippen molar-refractivity contribution in [2.24, 2.45) is 0 Å². The first-order valence-corrected chi connectivity index (χ1v) is 8.38. The molecule has 0 radical (unpaired) electrons. The Labute approximate surface area is 146 Å². The summed E-state index contributed by atoms with van der Waals surface area (Å²) in [5, 5.41) is 4.26. The second-order valence-corrected chi connectivity index (χ2v) is 5.99. The minimum Gasteiger partial charge on any atom is -0.370 e. The summed E-state index contributed by atoms with van der Waals surface area (Å²) in [6, 6.07) is 19.5. The Morgan fingerprint density at radius 2 is 1.84 bits per heavy atom. The number of hydrogen-bond donors (Lipinski definition) is 0. The number of para-hydroxylation sites is 1. The molecular weight excluding hydrogens is 314 g/mol. The molecule has 0 saturated carbocycles. The number of morpholine rings is 1. The summed E-state index contributed by atoms with van der Waals surface area (Å²) < 4.78 is 7.60. The molecule has 0 N–H and O–H groups in total. The van der Waals surface area contributed by atoms with Crippen molar-refractivity contribution in [1.29, 1.82) is 0 Å². The molecule has 0 unspecified atom stereocenters. The van der Waals surface area contributed by atoms with Crippen LogP contribution in [0.5, 0.6) is 0 Å². The van der Waals surface area contributed by atoms with Gasteiger partial charge in [-0.1, -0.05) is 42.5 Å². The first-order chi connectivity index (χ1) is 12.3. The maximum atomic E-state index is 13.1. The number of carbonyl (C=O) groups is 1. The fourth-order valence-electron chi connectivity index (χ4n) is 3.14. The molecule has 25 heavy (non-hydrogen) atoms. The van der Waals surface area contributed by atoms with E-state index in [1.165, 1.54) is 0 Å². The minimum atomic E-state index is -0.0873. The average molecular weight is 333 g/mol. The smallest absolute Gasteiger partial charge is 0.256 e. The predicted octanol–water partition coefficient (Wildman–Crippen LogP) is 3.09. The second kappa shape index (κ2) is 6.91. The van der Waals surface area contributed by atoms with E-state index in [0.717, 1.165) is 11.3 Å². The molecule has 1 fully saturated rings. The number of carbonyl (C=O) groups excluding carboxylic acids is 1. The van der Waals surface area contributed by atoms with Gasteiger partial charge in [-0.15, -0.1) is 0 Å². The topological polar surface area (TPSA) is 47.4 Å². The van der Waals surface area contributed by atoms with Crippen LogP contribution >= 0.6 is 0 Å². The summed E-state index contributed by atoms with van der Waals surface area (Å²) in [5.41, 5.74) is 2.54. The first kappa shape index (κ1) is 15.6. The monoisotopic (exact) mass is 333 g/mol. The Hall–Kier alpha value is -2.92. The van der Waals surface area contributed by atoms with E-state index in [9.17, 15) is 4.79 Å². The molecule has 3 aromatic rings. The molecule has 0 bridgehead atoms. The molecule has 5 heteroatoms. The molecule has 1 saturated heterocycles. The van der Waals surface area contributed by atoms with E-state index < -0.39 is 0 Å². The third-order valence-electron chi connectivity index (χ3n) is 4.41. The number of benzene rings is 2. The van der Waals surface area contributed by atoms with E-state index in [-0.39, 0.29) is 12.0 Å². The van der Waals surface area contributed by atoms with Crippen molar-refractivity contribution in [2.45, 2.75) is 6.10 Å². The van der Waals surface area contributed by atoms with E-state index in [4.69, 9.17) is 4.74 Å². The van der Waals surface area contributed by atoms with E-state index in [1.54, 1.807) is 10.9 Å². The van der Waals surface area contributed by atoms with Crippen molar-refractivity contribution in [2.75, 3.05) is 19.7 Å². The van der Waals surface area contributed by atoms with Gasteiger partial charge < -0.3 is 9.64 Å². The van der Waals surface area contributed by atoms with Gasteiger partial charge in [0.25, 0.3) is 5.91 Å². The quantitative estimate of drug-likeness (QED) is 0.740. The molecule has 1 aliphatic heterocycles. The largest absolute Gasteiger partial charge is 0.370 e. The van der Waals surface area contributed by atoms with Crippen molar-refractivity contribution < 1.29 is 9.53 Å². The number of amides is 1. The molecule has 0 aliphatic carbocycles. The zero-order valence-corrected chi connectivity index (χ0v) is 13.8. The predicted molar refractivity (Wildman–Crippen MR) is 94.6 cm³/mol. The van der Waals surface area contributed by atoms with Crippen molar-refractivity contribution in [3.05, 3.63) is 84.2 Å². The number of hydrogen-bond acceptors (Lipinski definition) is 3. The summed E-state index contributed by atoms with van der Waals surface area (Å²) in [6.07, 6.45) is 3.47. The zero-order valence-electron chi connectivity index (χ0n) is 13.8. The van der Waals surface area contributed by atoms with Crippen molar-refractivity contribution in [1.82, 2.24) is 14.7 Å². The molecule has 4 rings (SSSR count). The van der Waals surface area contributed by atoms with Crippen LogP contribution in [0.25, 0.3) is 5.69 Å².